The van der Waals surface area contributed by atoms with Crippen LogP contribution in [0.25, 0.3) is 0 Å². The maximum Gasteiger partial charge on any atom is 0.321 e. The Bertz CT molecular complexity index is 515. The van der Waals surface area contributed by atoms with Crippen LogP contribution in [0.15, 0.2) is 28.7 Å². The Labute approximate surface area is 127 Å². The summed E-state index contributed by atoms with van der Waals surface area (Å²) >= 11 is 3.43. The van der Waals surface area contributed by atoms with Crippen molar-refractivity contribution in [3.8, 4) is 0 Å². The highest BCUT2D eigenvalue weighted by atomic mass is 79.9. The first-order chi connectivity index (χ1) is 9.38. The van der Waals surface area contributed by atoms with Crippen LogP contribution in [0.4, 0.5) is 4.79 Å². The zero-order valence-electron chi connectivity index (χ0n) is 11.7. The van der Waals surface area contributed by atoms with Gasteiger partial charge in [-0.05, 0) is 49.8 Å². The average molecular weight is 339 g/mol. The molecule has 2 N–H and O–H groups in total. The van der Waals surface area contributed by atoms with Crippen LogP contribution < -0.4 is 10.6 Å². The van der Waals surface area contributed by atoms with Gasteiger partial charge in [-0.3, -0.25) is 10.1 Å². The average Bonchev–Trinajstić information content (AvgIpc) is 2.71. The number of hydrogen-bond acceptors (Lipinski definition) is 2. The standard InChI is InChI=1S/C15H19BrN2O2/c1-10(19)17-14(20)18-15(2)8-7-12(9-15)11-3-5-13(16)6-4-11/h3-6,12H,7-9H2,1-2H3,(H2,17,18,19,20)/t12-,15?/m0/s1. The summed E-state index contributed by atoms with van der Waals surface area (Å²) in [7, 11) is 0. The Hall–Kier alpha value is -1.36. The van der Waals surface area contributed by atoms with E-state index in [0.717, 1.165) is 23.7 Å². The van der Waals surface area contributed by atoms with E-state index < -0.39 is 6.03 Å². The number of rotatable bonds is 2. The summed E-state index contributed by atoms with van der Waals surface area (Å²) in [6, 6.07) is 7.92. The van der Waals surface area contributed by atoms with Crippen LogP contribution in [0.2, 0.25) is 0 Å². The molecule has 108 valence electrons. The number of urea groups is 1. The van der Waals surface area contributed by atoms with Crippen LogP contribution in [0.3, 0.4) is 0 Å². The first-order valence-corrected chi connectivity index (χ1v) is 7.52. The SMILES string of the molecule is CC(=O)NC(=O)NC1(C)CC[C@H](c2ccc(Br)cc2)C1. The number of nitrogens with one attached hydrogen (secondary N) is 2. The summed E-state index contributed by atoms with van der Waals surface area (Å²) in [5.41, 5.74) is 1.04. The monoisotopic (exact) mass is 338 g/mol. The van der Waals surface area contributed by atoms with E-state index >= 15 is 0 Å². The van der Waals surface area contributed by atoms with Gasteiger partial charge in [0.1, 0.15) is 0 Å². The van der Waals surface area contributed by atoms with Gasteiger partial charge in [-0.15, -0.1) is 0 Å². The lowest BCUT2D eigenvalue weighted by atomic mass is 9.94. The smallest absolute Gasteiger partial charge is 0.321 e. The number of benzene rings is 1. The molecule has 0 heterocycles. The molecule has 0 spiro atoms. The Morgan fingerprint density at radius 3 is 2.55 bits per heavy atom. The van der Waals surface area contributed by atoms with Crippen LogP contribution in [-0.4, -0.2) is 17.5 Å². The number of amides is 3. The van der Waals surface area contributed by atoms with Gasteiger partial charge in [-0.1, -0.05) is 28.1 Å². The summed E-state index contributed by atoms with van der Waals surface area (Å²) in [5, 5.41) is 5.18. The predicted molar refractivity (Wildman–Crippen MR) is 81.5 cm³/mol. The number of carbonyl (C=O) groups is 2. The fourth-order valence-corrected chi connectivity index (χ4v) is 3.10. The van der Waals surface area contributed by atoms with E-state index in [1.54, 1.807) is 0 Å². The molecule has 1 aliphatic rings. The molecule has 1 unspecified atom stereocenters. The molecule has 1 aromatic rings. The molecule has 1 saturated carbocycles. The third-order valence-electron chi connectivity index (χ3n) is 3.79. The summed E-state index contributed by atoms with van der Waals surface area (Å²) in [6.07, 6.45) is 2.84. The maximum absolute atomic E-state index is 11.7. The highest BCUT2D eigenvalue weighted by Crippen LogP contribution is 2.40. The van der Waals surface area contributed by atoms with Crippen molar-refractivity contribution in [1.82, 2.24) is 10.6 Å². The minimum atomic E-state index is -0.406. The second-order valence-electron chi connectivity index (χ2n) is 5.69. The van der Waals surface area contributed by atoms with Crippen molar-refractivity contribution >= 4 is 27.9 Å². The molecule has 1 fully saturated rings. The van der Waals surface area contributed by atoms with E-state index in [2.05, 4.69) is 38.7 Å². The van der Waals surface area contributed by atoms with Crippen molar-refractivity contribution in [3.05, 3.63) is 34.3 Å². The van der Waals surface area contributed by atoms with E-state index in [1.165, 1.54) is 12.5 Å². The third-order valence-corrected chi connectivity index (χ3v) is 4.32. The lowest BCUT2D eigenvalue weighted by Gasteiger charge is -2.26. The minimum Gasteiger partial charge on any atom is -0.333 e. The fraction of sp³-hybridized carbons (Fsp3) is 0.467. The van der Waals surface area contributed by atoms with Crippen LogP contribution in [-0.2, 0) is 4.79 Å². The normalized spacial score (nSPS) is 25.2. The van der Waals surface area contributed by atoms with Crippen molar-refractivity contribution in [2.75, 3.05) is 0 Å². The highest BCUT2D eigenvalue weighted by Gasteiger charge is 2.36. The van der Waals surface area contributed by atoms with Gasteiger partial charge in [0.25, 0.3) is 0 Å². The summed E-state index contributed by atoms with van der Waals surface area (Å²) in [5.74, 6) is 0.110. The molecule has 1 aromatic carbocycles. The molecule has 20 heavy (non-hydrogen) atoms. The zero-order valence-corrected chi connectivity index (χ0v) is 13.3. The van der Waals surface area contributed by atoms with Gasteiger partial charge in [-0.2, -0.15) is 0 Å². The lowest BCUT2D eigenvalue weighted by Crippen LogP contribution is -2.49. The molecule has 1 aliphatic carbocycles. The first-order valence-electron chi connectivity index (χ1n) is 6.73. The molecule has 3 amide bonds. The maximum atomic E-state index is 11.7. The zero-order chi connectivity index (χ0) is 14.8. The molecule has 5 heteroatoms. The van der Waals surface area contributed by atoms with Gasteiger partial charge in [-0.25, -0.2) is 4.79 Å². The number of imide groups is 1. The second kappa shape index (κ2) is 5.95. The Kier molecular flexibility index (Phi) is 4.48. The van der Waals surface area contributed by atoms with Crippen molar-refractivity contribution in [3.63, 3.8) is 0 Å². The molecule has 0 bridgehead atoms. The Morgan fingerprint density at radius 2 is 1.95 bits per heavy atom. The minimum absolute atomic E-state index is 0.253. The van der Waals surface area contributed by atoms with Crippen LogP contribution in [0.5, 0.6) is 0 Å². The van der Waals surface area contributed by atoms with Crippen LogP contribution in [0, 0.1) is 0 Å². The van der Waals surface area contributed by atoms with Gasteiger partial charge >= 0.3 is 6.03 Å². The van der Waals surface area contributed by atoms with Crippen LogP contribution >= 0.6 is 15.9 Å². The van der Waals surface area contributed by atoms with Crippen molar-refractivity contribution < 1.29 is 9.59 Å². The highest BCUT2D eigenvalue weighted by molar-refractivity contribution is 9.10. The number of hydrogen-bond donors (Lipinski definition) is 2. The molecular formula is C15H19BrN2O2. The van der Waals surface area contributed by atoms with Gasteiger partial charge < -0.3 is 5.32 Å². The molecule has 0 aromatic heterocycles. The van der Waals surface area contributed by atoms with E-state index in [1.807, 2.05) is 19.1 Å². The first kappa shape index (κ1) is 15.0. The molecule has 0 radical (unpaired) electrons. The van der Waals surface area contributed by atoms with Gasteiger partial charge in [0.15, 0.2) is 0 Å². The molecule has 4 nitrogen and oxygen atoms in total. The topological polar surface area (TPSA) is 58.2 Å². The fourth-order valence-electron chi connectivity index (χ4n) is 2.84. The number of halogens is 1. The van der Waals surface area contributed by atoms with E-state index in [-0.39, 0.29) is 11.4 Å². The van der Waals surface area contributed by atoms with E-state index in [4.69, 9.17) is 0 Å². The van der Waals surface area contributed by atoms with Gasteiger partial charge in [0.2, 0.25) is 5.91 Å². The van der Waals surface area contributed by atoms with Gasteiger partial charge in [0, 0.05) is 16.9 Å². The Morgan fingerprint density at radius 1 is 1.30 bits per heavy atom. The quantitative estimate of drug-likeness (QED) is 0.868. The van der Waals surface area contributed by atoms with Crippen LogP contribution in [0.1, 0.15) is 44.6 Å². The number of carbonyl (C=O) groups excluding carboxylic acids is 2. The second-order valence-corrected chi connectivity index (χ2v) is 6.60. The predicted octanol–water partition coefficient (Wildman–Crippen LogP) is 3.32. The van der Waals surface area contributed by atoms with E-state index in [0.29, 0.717) is 5.92 Å². The van der Waals surface area contributed by atoms with Crippen molar-refractivity contribution in [1.29, 1.82) is 0 Å². The molecule has 0 saturated heterocycles. The molecular weight excluding hydrogens is 320 g/mol. The van der Waals surface area contributed by atoms with Crippen molar-refractivity contribution in [2.45, 2.75) is 44.6 Å². The summed E-state index contributed by atoms with van der Waals surface area (Å²) in [6.45, 7) is 3.37. The molecule has 0 aliphatic heterocycles. The third kappa shape index (κ3) is 3.82. The van der Waals surface area contributed by atoms with E-state index in [9.17, 15) is 9.59 Å². The lowest BCUT2D eigenvalue weighted by molar-refractivity contribution is -0.117. The molecule has 2 rings (SSSR count). The summed E-state index contributed by atoms with van der Waals surface area (Å²) < 4.78 is 1.07. The molecule has 2 atom stereocenters. The van der Waals surface area contributed by atoms with Crippen molar-refractivity contribution in [2.24, 2.45) is 0 Å². The Balaban J connectivity index is 1.98. The van der Waals surface area contributed by atoms with Gasteiger partial charge in [0.05, 0.1) is 0 Å². The summed E-state index contributed by atoms with van der Waals surface area (Å²) in [4.78, 5) is 22.5. The largest absolute Gasteiger partial charge is 0.333 e.